The van der Waals surface area contributed by atoms with Crippen LogP contribution in [0.3, 0.4) is 0 Å². The van der Waals surface area contributed by atoms with E-state index in [1.165, 1.54) is 0 Å². The quantitative estimate of drug-likeness (QED) is 0.624. The van der Waals surface area contributed by atoms with Crippen molar-refractivity contribution in [2.24, 2.45) is 0 Å². The highest BCUT2D eigenvalue weighted by molar-refractivity contribution is 7.80. The van der Waals surface area contributed by atoms with Gasteiger partial charge in [0, 0.05) is 13.2 Å². The van der Waals surface area contributed by atoms with Gasteiger partial charge in [-0.2, -0.15) is 12.6 Å². The lowest BCUT2D eigenvalue weighted by molar-refractivity contribution is -0.136. The Morgan fingerprint density at radius 2 is 1.89 bits per heavy atom. The van der Waals surface area contributed by atoms with Crippen molar-refractivity contribution in [1.82, 2.24) is 9.97 Å². The highest BCUT2D eigenvalue weighted by Gasteiger charge is 2.23. The molecule has 5 heteroatoms. The highest BCUT2D eigenvalue weighted by atomic mass is 32.1. The number of para-hydroxylation sites is 2. The third kappa shape index (κ3) is 2.85. The zero-order valence-corrected chi connectivity index (χ0v) is 11.5. The van der Waals surface area contributed by atoms with E-state index in [2.05, 4.69) is 22.6 Å². The van der Waals surface area contributed by atoms with Crippen molar-refractivity contribution in [1.29, 1.82) is 0 Å². The van der Waals surface area contributed by atoms with E-state index in [-0.39, 0.29) is 11.5 Å². The number of hydrogen-bond donors (Lipinski definition) is 2. The van der Waals surface area contributed by atoms with Gasteiger partial charge in [-0.3, -0.25) is 0 Å². The van der Waals surface area contributed by atoms with Gasteiger partial charge in [-0.15, -0.1) is 0 Å². The maximum absolute atomic E-state index is 5.54. The predicted octanol–water partition coefficient (Wildman–Crippen LogP) is 2.93. The van der Waals surface area contributed by atoms with Crippen LogP contribution in [0, 0.1) is 0 Å². The molecule has 1 aromatic carbocycles. The summed E-state index contributed by atoms with van der Waals surface area (Å²) in [6.45, 7) is 5.04. The third-order valence-corrected chi connectivity index (χ3v) is 3.10. The van der Waals surface area contributed by atoms with Gasteiger partial charge in [-0.05, 0) is 26.0 Å². The molecular formula is C13H18N2O2S. The summed E-state index contributed by atoms with van der Waals surface area (Å²) in [4.78, 5) is 7.75. The zero-order valence-electron chi connectivity index (χ0n) is 10.6. The van der Waals surface area contributed by atoms with Crippen LogP contribution in [0.2, 0.25) is 0 Å². The number of aromatic amines is 1. The molecule has 1 atom stereocenters. The number of fused-ring (bicyclic) bond motifs is 1. The molecule has 2 aromatic rings. The Balaban J connectivity index is 2.22. The minimum Gasteiger partial charge on any atom is -0.351 e. The molecule has 2 rings (SSSR count). The number of benzene rings is 1. The van der Waals surface area contributed by atoms with Gasteiger partial charge >= 0.3 is 0 Å². The second-order valence-electron chi connectivity index (χ2n) is 3.86. The van der Waals surface area contributed by atoms with Gasteiger partial charge in [0.15, 0.2) is 6.29 Å². The molecule has 0 aliphatic rings. The Morgan fingerprint density at radius 1 is 1.22 bits per heavy atom. The average Bonchev–Trinajstić information content (AvgIpc) is 2.81. The minimum atomic E-state index is -0.385. The number of H-pyrrole nitrogens is 1. The summed E-state index contributed by atoms with van der Waals surface area (Å²) in [5.74, 6) is 0.770. The summed E-state index contributed by atoms with van der Waals surface area (Å²) in [6, 6.07) is 7.89. The summed E-state index contributed by atoms with van der Waals surface area (Å²) in [5, 5.41) is -0.225. The number of nitrogens with one attached hydrogen (secondary N) is 1. The summed E-state index contributed by atoms with van der Waals surface area (Å²) in [6.07, 6.45) is -0.385. The van der Waals surface area contributed by atoms with E-state index in [4.69, 9.17) is 9.47 Å². The summed E-state index contributed by atoms with van der Waals surface area (Å²) in [7, 11) is 0. The molecule has 1 heterocycles. The molecule has 0 bridgehead atoms. The number of ether oxygens (including phenoxy) is 2. The van der Waals surface area contributed by atoms with E-state index < -0.39 is 0 Å². The smallest absolute Gasteiger partial charge is 0.176 e. The molecule has 4 nitrogen and oxygen atoms in total. The van der Waals surface area contributed by atoms with Crippen molar-refractivity contribution in [3.05, 3.63) is 30.1 Å². The van der Waals surface area contributed by atoms with Crippen LogP contribution < -0.4 is 0 Å². The lowest BCUT2D eigenvalue weighted by Crippen LogP contribution is -2.23. The largest absolute Gasteiger partial charge is 0.351 e. The SMILES string of the molecule is CCOC(OCC)C(S)c1nc2ccccc2[nH]1. The standard InChI is InChI=1S/C13H18N2O2S/c1-3-16-13(17-4-2)11(18)12-14-9-7-5-6-8-10(9)15-12/h5-8,11,13,18H,3-4H2,1-2H3,(H,14,15). The topological polar surface area (TPSA) is 47.1 Å². The van der Waals surface area contributed by atoms with E-state index in [9.17, 15) is 0 Å². The van der Waals surface area contributed by atoms with Crippen molar-refractivity contribution < 1.29 is 9.47 Å². The van der Waals surface area contributed by atoms with Gasteiger partial charge in [0.2, 0.25) is 0 Å². The van der Waals surface area contributed by atoms with Gasteiger partial charge in [-0.25, -0.2) is 4.98 Å². The van der Waals surface area contributed by atoms with Gasteiger partial charge in [0.1, 0.15) is 11.1 Å². The van der Waals surface area contributed by atoms with Crippen molar-refractivity contribution in [3.8, 4) is 0 Å². The molecule has 0 aliphatic heterocycles. The third-order valence-electron chi connectivity index (χ3n) is 2.61. The van der Waals surface area contributed by atoms with Crippen molar-refractivity contribution in [2.45, 2.75) is 25.4 Å². The Hall–Kier alpha value is -1.04. The zero-order chi connectivity index (χ0) is 13.0. The van der Waals surface area contributed by atoms with E-state index in [0.29, 0.717) is 13.2 Å². The van der Waals surface area contributed by atoms with Crippen LogP contribution in [0.1, 0.15) is 24.9 Å². The second kappa shape index (κ2) is 6.22. The van der Waals surface area contributed by atoms with Crippen molar-refractivity contribution >= 4 is 23.7 Å². The fourth-order valence-electron chi connectivity index (χ4n) is 1.80. The molecule has 0 aliphatic carbocycles. The molecule has 98 valence electrons. The first-order chi connectivity index (χ1) is 8.76. The molecule has 0 radical (unpaired) electrons. The number of aromatic nitrogens is 2. The number of nitrogens with zero attached hydrogens (tertiary/aromatic N) is 1. The summed E-state index contributed by atoms with van der Waals surface area (Å²) >= 11 is 4.55. The molecule has 0 fully saturated rings. The summed E-state index contributed by atoms with van der Waals surface area (Å²) in [5.41, 5.74) is 1.93. The number of hydrogen-bond acceptors (Lipinski definition) is 4. The second-order valence-corrected chi connectivity index (χ2v) is 4.42. The average molecular weight is 266 g/mol. The van der Waals surface area contributed by atoms with Gasteiger partial charge in [0.25, 0.3) is 0 Å². The highest BCUT2D eigenvalue weighted by Crippen LogP contribution is 2.26. The Labute approximate surface area is 112 Å². The fraction of sp³-hybridized carbons (Fsp3) is 0.462. The molecule has 1 N–H and O–H groups in total. The van der Waals surface area contributed by atoms with Gasteiger partial charge < -0.3 is 14.5 Å². The summed E-state index contributed by atoms with van der Waals surface area (Å²) < 4.78 is 11.1. The minimum absolute atomic E-state index is 0.225. The van der Waals surface area contributed by atoms with Crippen LogP contribution in [-0.4, -0.2) is 29.5 Å². The predicted molar refractivity (Wildman–Crippen MR) is 74.9 cm³/mol. The van der Waals surface area contributed by atoms with E-state index in [1.54, 1.807) is 0 Å². The first-order valence-corrected chi connectivity index (χ1v) is 6.63. The van der Waals surface area contributed by atoms with E-state index in [1.807, 2.05) is 38.1 Å². The van der Waals surface area contributed by atoms with Gasteiger partial charge in [-0.1, -0.05) is 12.1 Å². The first-order valence-electron chi connectivity index (χ1n) is 6.12. The van der Waals surface area contributed by atoms with Gasteiger partial charge in [0.05, 0.1) is 11.0 Å². The van der Waals surface area contributed by atoms with Crippen LogP contribution >= 0.6 is 12.6 Å². The normalized spacial score (nSPS) is 13.3. The molecule has 0 saturated carbocycles. The molecule has 0 amide bonds. The monoisotopic (exact) mass is 266 g/mol. The molecule has 1 unspecified atom stereocenters. The molecule has 0 saturated heterocycles. The van der Waals surface area contributed by atoms with E-state index in [0.717, 1.165) is 16.9 Å². The number of rotatable bonds is 6. The molecule has 1 aromatic heterocycles. The Kier molecular flexibility index (Phi) is 4.63. The maximum atomic E-state index is 5.54. The van der Waals surface area contributed by atoms with Crippen LogP contribution in [0.25, 0.3) is 11.0 Å². The molecule has 18 heavy (non-hydrogen) atoms. The van der Waals surface area contributed by atoms with Crippen LogP contribution in [-0.2, 0) is 9.47 Å². The molecular weight excluding hydrogens is 248 g/mol. The van der Waals surface area contributed by atoms with Crippen LogP contribution in [0.4, 0.5) is 0 Å². The fourth-order valence-corrected chi connectivity index (χ4v) is 2.09. The number of imidazole rings is 1. The lowest BCUT2D eigenvalue weighted by atomic mass is 10.3. The lowest BCUT2D eigenvalue weighted by Gasteiger charge is -2.21. The number of thiol groups is 1. The Bertz CT molecular complexity index is 461. The van der Waals surface area contributed by atoms with Crippen molar-refractivity contribution in [3.63, 3.8) is 0 Å². The first kappa shape index (κ1) is 13.4. The maximum Gasteiger partial charge on any atom is 0.176 e. The Morgan fingerprint density at radius 3 is 2.50 bits per heavy atom. The van der Waals surface area contributed by atoms with Crippen molar-refractivity contribution in [2.75, 3.05) is 13.2 Å². The van der Waals surface area contributed by atoms with Crippen LogP contribution in [0.15, 0.2) is 24.3 Å². The van der Waals surface area contributed by atoms with Crippen LogP contribution in [0.5, 0.6) is 0 Å². The van der Waals surface area contributed by atoms with E-state index >= 15 is 0 Å². The molecule has 0 spiro atoms.